The molecule has 0 spiro atoms. The monoisotopic (exact) mass is 361 g/mol. The van der Waals surface area contributed by atoms with Crippen LogP contribution in [-0.2, 0) is 4.79 Å². The minimum absolute atomic E-state index is 0.0700. The fourth-order valence-electron chi connectivity index (χ4n) is 3.36. The zero-order valence-corrected chi connectivity index (χ0v) is 16.7. The summed E-state index contributed by atoms with van der Waals surface area (Å²) in [5, 5.41) is 5.33. The maximum atomic E-state index is 12.6. The molecule has 1 amide bonds. The molecule has 3 rings (SSSR count). The van der Waals surface area contributed by atoms with Gasteiger partial charge in [-0.25, -0.2) is 0 Å². The van der Waals surface area contributed by atoms with Gasteiger partial charge in [0.2, 0.25) is 0 Å². The van der Waals surface area contributed by atoms with Gasteiger partial charge in [-0.15, -0.1) is 0 Å². The van der Waals surface area contributed by atoms with E-state index in [4.69, 9.17) is 4.74 Å². The number of benzene rings is 3. The number of hydrogen-bond donors (Lipinski definition) is 1. The largest absolute Gasteiger partial charge is 0.481 e. The Labute approximate surface area is 161 Å². The minimum atomic E-state index is -0.569. The lowest BCUT2D eigenvalue weighted by Gasteiger charge is -2.21. The molecular weight excluding hydrogens is 334 g/mol. The maximum absolute atomic E-state index is 12.6. The molecule has 3 nitrogen and oxygen atoms in total. The van der Waals surface area contributed by atoms with Crippen molar-refractivity contribution in [3.05, 3.63) is 76.9 Å². The molecule has 27 heavy (non-hydrogen) atoms. The van der Waals surface area contributed by atoms with Crippen LogP contribution in [-0.4, -0.2) is 12.0 Å². The molecule has 1 N–H and O–H groups in total. The first kappa shape index (κ1) is 19.0. The Morgan fingerprint density at radius 3 is 2.26 bits per heavy atom. The number of aryl methyl sites for hydroxylation is 3. The summed E-state index contributed by atoms with van der Waals surface area (Å²) in [5.41, 5.74) is 4.83. The standard InChI is InChI=1S/C24H27NO2/c1-15-12-17(3)23(13-16(15)2)18(4)25-24(26)19(5)27-22-11-10-20-8-6-7-9-21(20)14-22/h6-14,18-19H,1-5H3,(H,25,26). The SMILES string of the molecule is Cc1cc(C)c(C(C)NC(=O)C(C)Oc2ccc3ccccc3c2)cc1C. The average Bonchev–Trinajstić information content (AvgIpc) is 2.64. The van der Waals surface area contributed by atoms with Gasteiger partial charge in [-0.05, 0) is 79.8 Å². The van der Waals surface area contributed by atoms with E-state index in [1.165, 1.54) is 16.7 Å². The van der Waals surface area contributed by atoms with E-state index >= 15 is 0 Å². The highest BCUT2D eigenvalue weighted by molar-refractivity contribution is 5.84. The molecule has 0 fully saturated rings. The number of carbonyl (C=O) groups excluding carboxylic acids is 1. The fourth-order valence-corrected chi connectivity index (χ4v) is 3.36. The second-order valence-electron chi connectivity index (χ2n) is 7.29. The van der Waals surface area contributed by atoms with Gasteiger partial charge in [0.15, 0.2) is 6.10 Å². The third kappa shape index (κ3) is 4.30. The van der Waals surface area contributed by atoms with Crippen LogP contribution in [0.2, 0.25) is 0 Å². The lowest BCUT2D eigenvalue weighted by Crippen LogP contribution is -2.38. The number of nitrogens with one attached hydrogen (secondary N) is 1. The van der Waals surface area contributed by atoms with Crippen molar-refractivity contribution in [2.45, 2.75) is 46.8 Å². The summed E-state index contributed by atoms with van der Waals surface area (Å²) in [6.07, 6.45) is -0.569. The van der Waals surface area contributed by atoms with Gasteiger partial charge < -0.3 is 10.1 Å². The number of hydrogen-bond acceptors (Lipinski definition) is 2. The van der Waals surface area contributed by atoms with E-state index in [9.17, 15) is 4.79 Å². The van der Waals surface area contributed by atoms with Gasteiger partial charge in [-0.2, -0.15) is 0 Å². The summed E-state index contributed by atoms with van der Waals surface area (Å²) in [6.45, 7) is 10.1. The number of rotatable bonds is 5. The summed E-state index contributed by atoms with van der Waals surface area (Å²) in [4.78, 5) is 12.6. The molecule has 0 aliphatic carbocycles. The quantitative estimate of drug-likeness (QED) is 0.660. The fraction of sp³-hybridized carbons (Fsp3) is 0.292. The van der Waals surface area contributed by atoms with Crippen molar-refractivity contribution in [2.75, 3.05) is 0 Å². The molecule has 0 aliphatic heterocycles. The third-order valence-electron chi connectivity index (χ3n) is 5.11. The maximum Gasteiger partial charge on any atom is 0.261 e. The predicted octanol–water partition coefficient (Wildman–Crippen LogP) is 5.41. The number of amides is 1. The van der Waals surface area contributed by atoms with Gasteiger partial charge in [0.1, 0.15) is 5.75 Å². The highest BCUT2D eigenvalue weighted by Gasteiger charge is 2.19. The Balaban J connectivity index is 1.68. The summed E-state index contributed by atoms with van der Waals surface area (Å²) in [5.74, 6) is 0.583. The van der Waals surface area contributed by atoms with Crippen LogP contribution in [0.1, 0.15) is 42.1 Å². The molecule has 0 saturated carbocycles. The highest BCUT2D eigenvalue weighted by Crippen LogP contribution is 2.23. The molecule has 0 aromatic heterocycles. The lowest BCUT2D eigenvalue weighted by atomic mass is 9.96. The summed E-state index contributed by atoms with van der Waals surface area (Å²) < 4.78 is 5.88. The van der Waals surface area contributed by atoms with E-state index in [2.05, 4.69) is 44.3 Å². The summed E-state index contributed by atoms with van der Waals surface area (Å²) in [6, 6.07) is 18.2. The Hall–Kier alpha value is -2.81. The zero-order valence-electron chi connectivity index (χ0n) is 16.7. The van der Waals surface area contributed by atoms with Gasteiger partial charge in [0, 0.05) is 0 Å². The van der Waals surface area contributed by atoms with Gasteiger partial charge >= 0.3 is 0 Å². The molecule has 140 valence electrons. The van der Waals surface area contributed by atoms with Crippen LogP contribution in [0.3, 0.4) is 0 Å². The number of carbonyl (C=O) groups is 1. The highest BCUT2D eigenvalue weighted by atomic mass is 16.5. The van der Waals surface area contributed by atoms with E-state index in [1.54, 1.807) is 6.92 Å². The smallest absolute Gasteiger partial charge is 0.261 e. The Morgan fingerprint density at radius 1 is 0.852 bits per heavy atom. The molecular formula is C24H27NO2. The predicted molar refractivity (Wildman–Crippen MR) is 111 cm³/mol. The van der Waals surface area contributed by atoms with E-state index in [0.29, 0.717) is 5.75 Å². The molecule has 2 unspecified atom stereocenters. The molecule has 0 radical (unpaired) electrons. The van der Waals surface area contributed by atoms with Crippen LogP contribution < -0.4 is 10.1 Å². The minimum Gasteiger partial charge on any atom is -0.481 e. The van der Waals surface area contributed by atoms with E-state index in [0.717, 1.165) is 16.3 Å². The van der Waals surface area contributed by atoms with Gasteiger partial charge in [0.25, 0.3) is 5.91 Å². The van der Waals surface area contributed by atoms with E-state index < -0.39 is 6.10 Å². The van der Waals surface area contributed by atoms with Crippen LogP contribution in [0.15, 0.2) is 54.6 Å². The van der Waals surface area contributed by atoms with Crippen LogP contribution in [0.25, 0.3) is 10.8 Å². The van der Waals surface area contributed by atoms with Crippen molar-refractivity contribution in [3.8, 4) is 5.75 Å². The van der Waals surface area contributed by atoms with Crippen molar-refractivity contribution < 1.29 is 9.53 Å². The number of ether oxygens (including phenoxy) is 1. The Morgan fingerprint density at radius 2 is 1.52 bits per heavy atom. The lowest BCUT2D eigenvalue weighted by molar-refractivity contribution is -0.127. The first-order valence-electron chi connectivity index (χ1n) is 9.38. The summed E-state index contributed by atoms with van der Waals surface area (Å²) >= 11 is 0. The number of fused-ring (bicyclic) bond motifs is 1. The van der Waals surface area contributed by atoms with Crippen molar-refractivity contribution in [1.29, 1.82) is 0 Å². The molecule has 2 atom stereocenters. The molecule has 3 heteroatoms. The molecule has 0 bridgehead atoms. The topological polar surface area (TPSA) is 38.3 Å². The molecule has 0 heterocycles. The van der Waals surface area contributed by atoms with Gasteiger partial charge in [-0.1, -0.05) is 42.5 Å². The van der Waals surface area contributed by atoms with Crippen LogP contribution in [0.4, 0.5) is 0 Å². The second kappa shape index (κ2) is 7.83. The summed E-state index contributed by atoms with van der Waals surface area (Å²) in [7, 11) is 0. The second-order valence-corrected chi connectivity index (χ2v) is 7.29. The normalized spacial score (nSPS) is 13.2. The van der Waals surface area contributed by atoms with Crippen molar-refractivity contribution in [2.24, 2.45) is 0 Å². The van der Waals surface area contributed by atoms with E-state index in [-0.39, 0.29) is 11.9 Å². The van der Waals surface area contributed by atoms with Crippen molar-refractivity contribution in [1.82, 2.24) is 5.32 Å². The van der Waals surface area contributed by atoms with Crippen LogP contribution >= 0.6 is 0 Å². The third-order valence-corrected chi connectivity index (χ3v) is 5.11. The van der Waals surface area contributed by atoms with E-state index in [1.807, 2.05) is 43.3 Å². The van der Waals surface area contributed by atoms with Crippen LogP contribution in [0, 0.1) is 20.8 Å². The Kier molecular flexibility index (Phi) is 5.50. The molecule has 3 aromatic rings. The van der Waals surface area contributed by atoms with Crippen LogP contribution in [0.5, 0.6) is 5.75 Å². The first-order valence-corrected chi connectivity index (χ1v) is 9.38. The molecule has 3 aromatic carbocycles. The molecule has 0 saturated heterocycles. The van der Waals surface area contributed by atoms with Crippen molar-refractivity contribution >= 4 is 16.7 Å². The average molecular weight is 361 g/mol. The molecule has 0 aliphatic rings. The van der Waals surface area contributed by atoms with Crippen molar-refractivity contribution in [3.63, 3.8) is 0 Å². The van der Waals surface area contributed by atoms with Gasteiger partial charge in [0.05, 0.1) is 6.04 Å². The van der Waals surface area contributed by atoms with Gasteiger partial charge in [-0.3, -0.25) is 4.79 Å². The Bertz CT molecular complexity index is 977. The first-order chi connectivity index (χ1) is 12.8. The zero-order chi connectivity index (χ0) is 19.6.